The molecule has 0 heterocycles. The van der Waals surface area contributed by atoms with Gasteiger partial charge in [-0.05, 0) is 25.1 Å². The highest BCUT2D eigenvalue weighted by molar-refractivity contribution is 5.81. The van der Waals surface area contributed by atoms with Crippen LogP contribution >= 0.6 is 0 Å². The summed E-state index contributed by atoms with van der Waals surface area (Å²) in [6.45, 7) is 5.28. The molecule has 0 unspecified atom stereocenters. The van der Waals surface area contributed by atoms with E-state index in [1.807, 2.05) is 44.2 Å². The van der Waals surface area contributed by atoms with E-state index in [0.717, 1.165) is 5.75 Å². The molecule has 0 saturated heterocycles. The molecule has 100 valence electrons. The number of nitrogens with one attached hydrogen (secondary N) is 1. The summed E-state index contributed by atoms with van der Waals surface area (Å²) >= 11 is 0. The van der Waals surface area contributed by atoms with E-state index < -0.39 is 5.41 Å². The first-order valence-corrected chi connectivity index (χ1v) is 6.22. The molecule has 1 aromatic carbocycles. The van der Waals surface area contributed by atoms with Crippen molar-refractivity contribution in [2.45, 2.75) is 20.3 Å². The van der Waals surface area contributed by atoms with Crippen LogP contribution in [0.1, 0.15) is 20.3 Å². The first-order chi connectivity index (χ1) is 8.56. The molecule has 0 saturated carbocycles. The van der Waals surface area contributed by atoms with Crippen molar-refractivity contribution in [1.82, 2.24) is 5.32 Å². The number of nitrogens with two attached hydrogens (primary N) is 1. The molecule has 0 atom stereocenters. The molecule has 1 rings (SSSR count). The number of amides is 1. The van der Waals surface area contributed by atoms with Crippen LogP contribution in [0.5, 0.6) is 5.75 Å². The highest BCUT2D eigenvalue weighted by Gasteiger charge is 2.25. The highest BCUT2D eigenvalue weighted by atomic mass is 16.5. The molecule has 0 radical (unpaired) electrons. The molecule has 18 heavy (non-hydrogen) atoms. The normalized spacial score (nSPS) is 11.1. The minimum Gasteiger partial charge on any atom is -0.492 e. The molecular weight excluding hydrogens is 228 g/mol. The molecule has 0 aliphatic heterocycles. The van der Waals surface area contributed by atoms with Gasteiger partial charge < -0.3 is 15.8 Å². The van der Waals surface area contributed by atoms with Crippen LogP contribution in [-0.4, -0.2) is 25.6 Å². The summed E-state index contributed by atoms with van der Waals surface area (Å²) in [5.74, 6) is 0.831. The first-order valence-electron chi connectivity index (χ1n) is 6.22. The van der Waals surface area contributed by atoms with Gasteiger partial charge in [0.1, 0.15) is 12.4 Å². The third kappa shape index (κ3) is 4.75. The molecule has 0 aromatic heterocycles. The van der Waals surface area contributed by atoms with Gasteiger partial charge in [-0.25, -0.2) is 0 Å². The lowest BCUT2D eigenvalue weighted by molar-refractivity contribution is -0.129. The van der Waals surface area contributed by atoms with Crippen molar-refractivity contribution < 1.29 is 9.53 Å². The standard InChI is InChI=1S/C14H22N2O2/c1-14(2,8-9-15)13(17)16-10-11-18-12-6-4-3-5-7-12/h3-7H,8-11,15H2,1-2H3,(H,16,17). The van der Waals surface area contributed by atoms with Gasteiger partial charge >= 0.3 is 0 Å². The molecule has 0 aliphatic rings. The zero-order valence-corrected chi connectivity index (χ0v) is 11.1. The Morgan fingerprint density at radius 3 is 2.61 bits per heavy atom. The summed E-state index contributed by atoms with van der Waals surface area (Å²) in [4.78, 5) is 11.8. The third-order valence-corrected chi connectivity index (χ3v) is 2.78. The third-order valence-electron chi connectivity index (χ3n) is 2.78. The van der Waals surface area contributed by atoms with Gasteiger partial charge in [-0.3, -0.25) is 4.79 Å². The fraction of sp³-hybridized carbons (Fsp3) is 0.500. The summed E-state index contributed by atoms with van der Waals surface area (Å²) < 4.78 is 5.49. The lowest BCUT2D eigenvalue weighted by Crippen LogP contribution is -2.40. The van der Waals surface area contributed by atoms with Crippen LogP contribution in [0.3, 0.4) is 0 Å². The van der Waals surface area contributed by atoms with Crippen molar-refractivity contribution in [2.75, 3.05) is 19.7 Å². The molecule has 1 amide bonds. The minimum atomic E-state index is -0.415. The van der Waals surface area contributed by atoms with Gasteiger partial charge in [0.2, 0.25) is 5.91 Å². The van der Waals surface area contributed by atoms with E-state index in [9.17, 15) is 4.79 Å². The predicted octanol–water partition coefficient (Wildman–Crippen LogP) is 1.56. The Labute approximate surface area is 109 Å². The van der Waals surface area contributed by atoms with Gasteiger partial charge in [0.05, 0.1) is 6.54 Å². The van der Waals surface area contributed by atoms with Crippen LogP contribution in [0.25, 0.3) is 0 Å². The number of rotatable bonds is 7. The average molecular weight is 250 g/mol. The SMILES string of the molecule is CC(C)(CCN)C(=O)NCCOc1ccccc1. The molecule has 4 nitrogen and oxygen atoms in total. The van der Waals surface area contributed by atoms with Crippen LogP contribution in [0.4, 0.5) is 0 Å². The Morgan fingerprint density at radius 2 is 2.00 bits per heavy atom. The second-order valence-corrected chi connectivity index (χ2v) is 4.84. The summed E-state index contributed by atoms with van der Waals surface area (Å²) in [6, 6.07) is 9.54. The fourth-order valence-electron chi connectivity index (χ4n) is 1.56. The number of carbonyl (C=O) groups is 1. The molecule has 0 spiro atoms. The lowest BCUT2D eigenvalue weighted by Gasteiger charge is -2.22. The number of hydrogen-bond acceptors (Lipinski definition) is 3. The van der Waals surface area contributed by atoms with Crippen LogP contribution in [0.15, 0.2) is 30.3 Å². The van der Waals surface area contributed by atoms with E-state index in [1.165, 1.54) is 0 Å². The summed E-state index contributed by atoms with van der Waals surface area (Å²) in [5.41, 5.74) is 5.06. The van der Waals surface area contributed by atoms with Crippen molar-refractivity contribution in [3.63, 3.8) is 0 Å². The van der Waals surface area contributed by atoms with E-state index in [-0.39, 0.29) is 5.91 Å². The maximum absolute atomic E-state index is 11.8. The summed E-state index contributed by atoms with van der Waals surface area (Å²) in [6.07, 6.45) is 0.679. The number of para-hydroxylation sites is 1. The number of carbonyl (C=O) groups excluding carboxylic acids is 1. The predicted molar refractivity (Wildman–Crippen MR) is 72.4 cm³/mol. The van der Waals surface area contributed by atoms with E-state index in [2.05, 4.69) is 5.32 Å². The Morgan fingerprint density at radius 1 is 1.33 bits per heavy atom. The van der Waals surface area contributed by atoms with Crippen LogP contribution < -0.4 is 15.8 Å². The van der Waals surface area contributed by atoms with Crippen molar-refractivity contribution >= 4 is 5.91 Å². The monoisotopic (exact) mass is 250 g/mol. The zero-order chi connectivity index (χ0) is 13.4. The molecule has 0 fully saturated rings. The maximum atomic E-state index is 11.8. The number of hydrogen-bond donors (Lipinski definition) is 2. The highest BCUT2D eigenvalue weighted by Crippen LogP contribution is 2.18. The van der Waals surface area contributed by atoms with Gasteiger partial charge in [-0.1, -0.05) is 32.0 Å². The molecule has 0 bridgehead atoms. The summed E-state index contributed by atoms with van der Waals surface area (Å²) in [7, 11) is 0. The van der Waals surface area contributed by atoms with Gasteiger partial charge in [0.15, 0.2) is 0 Å². The molecule has 0 aliphatic carbocycles. The zero-order valence-electron chi connectivity index (χ0n) is 11.1. The van der Waals surface area contributed by atoms with Crippen molar-refractivity contribution in [2.24, 2.45) is 11.1 Å². The first kappa shape index (κ1) is 14.5. The van der Waals surface area contributed by atoms with Crippen molar-refractivity contribution in [3.05, 3.63) is 30.3 Å². The maximum Gasteiger partial charge on any atom is 0.225 e. The van der Waals surface area contributed by atoms with Crippen molar-refractivity contribution in [1.29, 1.82) is 0 Å². The Hall–Kier alpha value is -1.55. The number of ether oxygens (including phenoxy) is 1. The van der Waals surface area contributed by atoms with E-state index >= 15 is 0 Å². The minimum absolute atomic E-state index is 0.0182. The molecule has 3 N–H and O–H groups in total. The smallest absolute Gasteiger partial charge is 0.225 e. The Kier molecular flexibility index (Phi) is 5.65. The second-order valence-electron chi connectivity index (χ2n) is 4.84. The van der Waals surface area contributed by atoms with Gasteiger partial charge in [0.25, 0.3) is 0 Å². The summed E-state index contributed by atoms with van der Waals surface area (Å²) in [5, 5.41) is 2.86. The molecule has 1 aromatic rings. The van der Waals surface area contributed by atoms with Gasteiger partial charge in [-0.15, -0.1) is 0 Å². The molecular formula is C14H22N2O2. The van der Waals surface area contributed by atoms with E-state index in [1.54, 1.807) is 0 Å². The Balaban J connectivity index is 2.24. The Bertz CT molecular complexity index is 363. The van der Waals surface area contributed by atoms with Gasteiger partial charge in [0, 0.05) is 5.41 Å². The lowest BCUT2D eigenvalue weighted by atomic mass is 9.88. The van der Waals surface area contributed by atoms with Crippen LogP contribution in [0, 0.1) is 5.41 Å². The topological polar surface area (TPSA) is 64.4 Å². The van der Waals surface area contributed by atoms with Crippen molar-refractivity contribution in [3.8, 4) is 5.75 Å². The van der Waals surface area contributed by atoms with Crippen LogP contribution in [0.2, 0.25) is 0 Å². The van der Waals surface area contributed by atoms with Gasteiger partial charge in [-0.2, -0.15) is 0 Å². The van der Waals surface area contributed by atoms with E-state index in [0.29, 0.717) is 26.1 Å². The average Bonchev–Trinajstić information content (AvgIpc) is 2.35. The van der Waals surface area contributed by atoms with Crippen LogP contribution in [-0.2, 0) is 4.79 Å². The quantitative estimate of drug-likeness (QED) is 0.722. The molecule has 4 heteroatoms. The number of benzene rings is 1. The second kappa shape index (κ2) is 7.01. The van der Waals surface area contributed by atoms with E-state index in [4.69, 9.17) is 10.5 Å². The largest absolute Gasteiger partial charge is 0.492 e. The fourth-order valence-corrected chi connectivity index (χ4v) is 1.56.